The number of rotatable bonds is 3. The summed E-state index contributed by atoms with van der Waals surface area (Å²) in [5.74, 6) is 1.05. The van der Waals surface area contributed by atoms with Gasteiger partial charge in [0.15, 0.2) is 0 Å². The average Bonchev–Trinajstić information content (AvgIpc) is 2.80. The van der Waals surface area contributed by atoms with Crippen molar-refractivity contribution < 1.29 is 4.79 Å². The fraction of sp³-hybridized carbons (Fsp3) is 0.733. The molecule has 2 rings (SSSR count). The van der Waals surface area contributed by atoms with Crippen LogP contribution in [-0.4, -0.2) is 63.6 Å². The predicted molar refractivity (Wildman–Crippen MR) is 83.3 cm³/mol. The molecular formula is C15H27N5O. The van der Waals surface area contributed by atoms with Gasteiger partial charge in [-0.25, -0.2) is 9.78 Å². The molecule has 6 nitrogen and oxygen atoms in total. The molecule has 0 bridgehead atoms. The van der Waals surface area contributed by atoms with Crippen molar-refractivity contribution in [2.75, 3.05) is 32.7 Å². The maximum absolute atomic E-state index is 12.1. The van der Waals surface area contributed by atoms with Crippen LogP contribution in [0.4, 0.5) is 4.79 Å². The Morgan fingerprint density at radius 2 is 1.90 bits per heavy atom. The number of piperazine rings is 1. The topological polar surface area (TPSA) is 53.4 Å². The Labute approximate surface area is 127 Å². The molecule has 1 aliphatic rings. The number of imidazole rings is 1. The van der Waals surface area contributed by atoms with E-state index in [2.05, 4.69) is 19.8 Å². The Morgan fingerprint density at radius 3 is 2.43 bits per heavy atom. The molecule has 118 valence electrons. The Kier molecular flexibility index (Phi) is 4.88. The van der Waals surface area contributed by atoms with E-state index in [1.807, 2.05) is 45.0 Å². The number of urea groups is 1. The second kappa shape index (κ2) is 6.47. The van der Waals surface area contributed by atoms with Crippen molar-refractivity contribution in [3.05, 3.63) is 18.2 Å². The summed E-state index contributed by atoms with van der Waals surface area (Å²) in [6.45, 7) is 13.5. The van der Waals surface area contributed by atoms with Crippen molar-refractivity contribution in [2.45, 2.75) is 39.8 Å². The first kappa shape index (κ1) is 15.8. The molecule has 0 radical (unpaired) electrons. The van der Waals surface area contributed by atoms with Gasteiger partial charge in [-0.3, -0.25) is 4.90 Å². The lowest BCUT2D eigenvalue weighted by Gasteiger charge is -2.36. The zero-order valence-corrected chi connectivity index (χ0v) is 13.6. The van der Waals surface area contributed by atoms with Gasteiger partial charge in [0.1, 0.15) is 5.82 Å². The van der Waals surface area contributed by atoms with E-state index >= 15 is 0 Å². The number of hydrogen-bond donors (Lipinski definition) is 1. The average molecular weight is 293 g/mol. The molecule has 1 aliphatic heterocycles. The van der Waals surface area contributed by atoms with Gasteiger partial charge in [-0.15, -0.1) is 0 Å². The molecule has 1 aromatic rings. The van der Waals surface area contributed by atoms with E-state index in [1.54, 1.807) is 0 Å². The molecule has 0 spiro atoms. The highest BCUT2D eigenvalue weighted by Gasteiger charge is 2.23. The van der Waals surface area contributed by atoms with E-state index in [0.29, 0.717) is 0 Å². The van der Waals surface area contributed by atoms with E-state index in [4.69, 9.17) is 0 Å². The summed E-state index contributed by atoms with van der Waals surface area (Å²) in [7, 11) is 0. The molecule has 0 aliphatic carbocycles. The van der Waals surface area contributed by atoms with Crippen LogP contribution < -0.4 is 5.32 Å². The van der Waals surface area contributed by atoms with Crippen LogP contribution in [0.3, 0.4) is 0 Å². The Morgan fingerprint density at radius 1 is 1.24 bits per heavy atom. The predicted octanol–water partition coefficient (Wildman–Crippen LogP) is 1.32. The van der Waals surface area contributed by atoms with Gasteiger partial charge in [-0.2, -0.15) is 0 Å². The molecular weight excluding hydrogens is 266 g/mol. The standard InChI is InChI=1S/C15H27N5O/c1-13-16-5-6-19(13)10-7-18-8-11-20(12-9-18)14(21)17-15(2,3)4/h5-6H,7-12H2,1-4H3,(H,17,21). The minimum atomic E-state index is -0.173. The molecule has 0 atom stereocenters. The largest absolute Gasteiger partial charge is 0.334 e. The summed E-state index contributed by atoms with van der Waals surface area (Å²) in [6, 6.07) is 0.0487. The number of nitrogens with zero attached hydrogens (tertiary/aromatic N) is 4. The van der Waals surface area contributed by atoms with Crippen molar-refractivity contribution in [3.8, 4) is 0 Å². The van der Waals surface area contributed by atoms with E-state index in [9.17, 15) is 4.79 Å². The minimum Gasteiger partial charge on any atom is -0.334 e. The van der Waals surface area contributed by atoms with Crippen molar-refractivity contribution in [1.82, 2.24) is 24.7 Å². The SMILES string of the molecule is Cc1nccn1CCN1CCN(C(=O)NC(C)(C)C)CC1. The van der Waals surface area contributed by atoms with Gasteiger partial charge in [0, 0.05) is 57.2 Å². The smallest absolute Gasteiger partial charge is 0.317 e. The summed E-state index contributed by atoms with van der Waals surface area (Å²) in [4.78, 5) is 20.6. The van der Waals surface area contributed by atoms with Crippen LogP contribution in [0.25, 0.3) is 0 Å². The maximum atomic E-state index is 12.1. The second-order valence-corrected chi connectivity index (χ2v) is 6.68. The summed E-state index contributed by atoms with van der Waals surface area (Å²) in [6.07, 6.45) is 3.85. The summed E-state index contributed by atoms with van der Waals surface area (Å²) < 4.78 is 2.17. The first-order chi connectivity index (χ1) is 9.85. The van der Waals surface area contributed by atoms with Crippen molar-refractivity contribution >= 4 is 6.03 Å². The third-order valence-corrected chi connectivity index (χ3v) is 3.72. The van der Waals surface area contributed by atoms with E-state index in [-0.39, 0.29) is 11.6 Å². The molecule has 2 amide bonds. The van der Waals surface area contributed by atoms with Crippen LogP contribution in [0, 0.1) is 6.92 Å². The zero-order valence-electron chi connectivity index (χ0n) is 13.6. The number of amides is 2. The normalized spacial score (nSPS) is 17.0. The third kappa shape index (κ3) is 4.74. The van der Waals surface area contributed by atoms with Gasteiger partial charge in [0.2, 0.25) is 0 Å². The molecule has 6 heteroatoms. The van der Waals surface area contributed by atoms with Crippen LogP contribution >= 0.6 is 0 Å². The highest BCUT2D eigenvalue weighted by Crippen LogP contribution is 2.06. The lowest BCUT2D eigenvalue weighted by atomic mass is 10.1. The third-order valence-electron chi connectivity index (χ3n) is 3.72. The maximum Gasteiger partial charge on any atom is 0.317 e. The summed E-state index contributed by atoms with van der Waals surface area (Å²) in [5.41, 5.74) is -0.173. The van der Waals surface area contributed by atoms with Crippen LogP contribution in [-0.2, 0) is 6.54 Å². The molecule has 0 saturated carbocycles. The molecule has 1 saturated heterocycles. The highest BCUT2D eigenvalue weighted by molar-refractivity contribution is 5.75. The fourth-order valence-corrected chi connectivity index (χ4v) is 2.46. The number of carbonyl (C=O) groups is 1. The van der Waals surface area contributed by atoms with Crippen LogP contribution in [0.1, 0.15) is 26.6 Å². The molecule has 1 N–H and O–H groups in total. The van der Waals surface area contributed by atoms with E-state index in [1.165, 1.54) is 0 Å². The quantitative estimate of drug-likeness (QED) is 0.914. The van der Waals surface area contributed by atoms with Crippen LogP contribution in [0.15, 0.2) is 12.4 Å². The number of hydrogen-bond acceptors (Lipinski definition) is 3. The molecule has 1 aromatic heterocycles. The summed E-state index contributed by atoms with van der Waals surface area (Å²) >= 11 is 0. The van der Waals surface area contributed by atoms with Crippen molar-refractivity contribution in [3.63, 3.8) is 0 Å². The number of aryl methyl sites for hydroxylation is 1. The van der Waals surface area contributed by atoms with Crippen molar-refractivity contribution in [1.29, 1.82) is 0 Å². The van der Waals surface area contributed by atoms with Gasteiger partial charge in [0.25, 0.3) is 0 Å². The van der Waals surface area contributed by atoms with Gasteiger partial charge in [0.05, 0.1) is 0 Å². The van der Waals surface area contributed by atoms with E-state index in [0.717, 1.165) is 45.1 Å². The first-order valence-electron chi connectivity index (χ1n) is 7.62. The van der Waals surface area contributed by atoms with Crippen LogP contribution in [0.5, 0.6) is 0 Å². The fourth-order valence-electron chi connectivity index (χ4n) is 2.46. The van der Waals surface area contributed by atoms with Gasteiger partial charge in [-0.1, -0.05) is 0 Å². The van der Waals surface area contributed by atoms with Gasteiger partial charge >= 0.3 is 6.03 Å². The molecule has 21 heavy (non-hydrogen) atoms. The molecule has 0 aromatic carbocycles. The van der Waals surface area contributed by atoms with Crippen molar-refractivity contribution in [2.24, 2.45) is 0 Å². The van der Waals surface area contributed by atoms with Gasteiger partial charge < -0.3 is 14.8 Å². The second-order valence-electron chi connectivity index (χ2n) is 6.68. The number of nitrogens with one attached hydrogen (secondary N) is 1. The molecule has 2 heterocycles. The Hall–Kier alpha value is -1.56. The lowest BCUT2D eigenvalue weighted by molar-refractivity contribution is 0.132. The minimum absolute atomic E-state index is 0.0487. The Bertz CT molecular complexity index is 469. The number of carbonyl (C=O) groups excluding carboxylic acids is 1. The Balaban J connectivity index is 1.73. The summed E-state index contributed by atoms with van der Waals surface area (Å²) in [5, 5.41) is 3.02. The van der Waals surface area contributed by atoms with E-state index < -0.39 is 0 Å². The van der Waals surface area contributed by atoms with Gasteiger partial charge in [-0.05, 0) is 27.7 Å². The zero-order chi connectivity index (χ0) is 15.5. The first-order valence-corrected chi connectivity index (χ1v) is 7.62. The molecule has 0 unspecified atom stereocenters. The lowest BCUT2D eigenvalue weighted by Crippen LogP contribution is -2.55. The number of aromatic nitrogens is 2. The molecule has 1 fully saturated rings. The van der Waals surface area contributed by atoms with Crippen LogP contribution in [0.2, 0.25) is 0 Å². The monoisotopic (exact) mass is 293 g/mol. The highest BCUT2D eigenvalue weighted by atomic mass is 16.2.